The maximum atomic E-state index is 11.5. The van der Waals surface area contributed by atoms with Crippen LogP contribution in [0.3, 0.4) is 0 Å². The number of aromatic nitrogens is 2. The quantitative estimate of drug-likeness (QED) is 0.767. The fourth-order valence-corrected chi connectivity index (χ4v) is 2.07. The number of rotatable bonds is 6. The zero-order chi connectivity index (χ0) is 15.1. The van der Waals surface area contributed by atoms with Crippen molar-refractivity contribution < 1.29 is 9.53 Å². The van der Waals surface area contributed by atoms with E-state index < -0.39 is 0 Å². The second kappa shape index (κ2) is 7.55. The van der Waals surface area contributed by atoms with Crippen molar-refractivity contribution in [2.24, 2.45) is 0 Å². The van der Waals surface area contributed by atoms with Gasteiger partial charge >= 0.3 is 0 Å². The minimum absolute atomic E-state index is 0.0455. The highest BCUT2D eigenvalue weighted by Crippen LogP contribution is 2.07. The predicted octanol–water partition coefficient (Wildman–Crippen LogP) is 0.512. The van der Waals surface area contributed by atoms with Crippen molar-refractivity contribution >= 4 is 11.9 Å². The molecule has 1 N–H and O–H groups in total. The third-order valence-electron chi connectivity index (χ3n) is 3.29. The summed E-state index contributed by atoms with van der Waals surface area (Å²) in [6.07, 6.45) is 2.81. The highest BCUT2D eigenvalue weighted by molar-refractivity contribution is 5.77. The summed E-state index contributed by atoms with van der Waals surface area (Å²) in [6.45, 7) is 4.72. The van der Waals surface area contributed by atoms with Gasteiger partial charge in [0.1, 0.15) is 6.61 Å². The van der Waals surface area contributed by atoms with Crippen molar-refractivity contribution in [1.82, 2.24) is 14.9 Å². The van der Waals surface area contributed by atoms with Crippen LogP contribution in [0.2, 0.25) is 0 Å². The van der Waals surface area contributed by atoms with Crippen LogP contribution in [0, 0.1) is 18.3 Å². The fourth-order valence-electron chi connectivity index (χ4n) is 2.07. The first kappa shape index (κ1) is 15.2. The Balaban J connectivity index is 1.77. The summed E-state index contributed by atoms with van der Waals surface area (Å²) >= 11 is 0. The zero-order valence-electron chi connectivity index (χ0n) is 12.1. The van der Waals surface area contributed by atoms with Crippen LogP contribution in [-0.2, 0) is 16.0 Å². The van der Waals surface area contributed by atoms with Crippen LogP contribution in [0.15, 0.2) is 6.20 Å². The van der Waals surface area contributed by atoms with Crippen molar-refractivity contribution in [3.63, 3.8) is 0 Å². The molecule has 1 fully saturated rings. The standard InChI is InChI=1S/C14H19N5O2/c1-11-9-17-14(18-12(11)3-4-15)16-5-2-6-19-7-8-21-10-13(19)20/h9H,2-3,5-8,10H2,1H3,(H,16,17,18). The van der Waals surface area contributed by atoms with E-state index in [0.717, 1.165) is 17.7 Å². The minimum atomic E-state index is 0.0455. The van der Waals surface area contributed by atoms with Gasteiger partial charge in [-0.25, -0.2) is 9.97 Å². The Morgan fingerprint density at radius 2 is 2.43 bits per heavy atom. The number of amides is 1. The van der Waals surface area contributed by atoms with Crippen LogP contribution >= 0.6 is 0 Å². The molecule has 1 aromatic heterocycles. The second-order valence-corrected chi connectivity index (χ2v) is 4.87. The van der Waals surface area contributed by atoms with E-state index in [9.17, 15) is 4.79 Å². The van der Waals surface area contributed by atoms with E-state index in [4.69, 9.17) is 10.00 Å². The molecule has 0 saturated carbocycles. The van der Waals surface area contributed by atoms with Crippen LogP contribution in [0.1, 0.15) is 17.7 Å². The molecule has 7 heteroatoms. The molecule has 0 bridgehead atoms. The second-order valence-electron chi connectivity index (χ2n) is 4.87. The average Bonchev–Trinajstić information content (AvgIpc) is 2.49. The monoisotopic (exact) mass is 289 g/mol. The van der Waals surface area contributed by atoms with E-state index >= 15 is 0 Å². The topological polar surface area (TPSA) is 91.1 Å². The molecular weight excluding hydrogens is 270 g/mol. The number of aryl methyl sites for hydroxylation is 1. The summed E-state index contributed by atoms with van der Waals surface area (Å²) in [5, 5.41) is 11.9. The molecule has 2 heterocycles. The zero-order valence-corrected chi connectivity index (χ0v) is 12.1. The van der Waals surface area contributed by atoms with E-state index in [1.807, 2.05) is 11.8 Å². The molecule has 1 aliphatic heterocycles. The lowest BCUT2D eigenvalue weighted by Crippen LogP contribution is -2.42. The first-order valence-electron chi connectivity index (χ1n) is 6.99. The average molecular weight is 289 g/mol. The number of carbonyl (C=O) groups excluding carboxylic acids is 1. The number of hydrogen-bond donors (Lipinski definition) is 1. The van der Waals surface area contributed by atoms with Gasteiger partial charge in [-0.1, -0.05) is 0 Å². The van der Waals surface area contributed by atoms with E-state index in [2.05, 4.69) is 21.4 Å². The van der Waals surface area contributed by atoms with E-state index in [1.165, 1.54) is 0 Å². The Labute approximate surface area is 123 Å². The van der Waals surface area contributed by atoms with Gasteiger partial charge in [-0.05, 0) is 18.9 Å². The van der Waals surface area contributed by atoms with Crippen LogP contribution in [0.25, 0.3) is 0 Å². The Morgan fingerprint density at radius 3 is 3.19 bits per heavy atom. The number of morpholine rings is 1. The highest BCUT2D eigenvalue weighted by atomic mass is 16.5. The Bertz CT molecular complexity index is 541. The molecule has 1 aromatic rings. The molecule has 0 aliphatic carbocycles. The lowest BCUT2D eigenvalue weighted by atomic mass is 10.2. The van der Waals surface area contributed by atoms with Gasteiger partial charge in [0.25, 0.3) is 0 Å². The molecule has 0 spiro atoms. The van der Waals surface area contributed by atoms with Gasteiger partial charge in [0.05, 0.1) is 24.8 Å². The summed E-state index contributed by atoms with van der Waals surface area (Å²) < 4.78 is 5.08. The van der Waals surface area contributed by atoms with E-state index in [1.54, 1.807) is 6.20 Å². The van der Waals surface area contributed by atoms with Crippen molar-refractivity contribution in [2.45, 2.75) is 19.8 Å². The van der Waals surface area contributed by atoms with Gasteiger partial charge in [-0.3, -0.25) is 4.79 Å². The lowest BCUT2D eigenvalue weighted by molar-refractivity contribution is -0.142. The maximum Gasteiger partial charge on any atom is 0.248 e. The molecule has 0 radical (unpaired) electrons. The number of nitriles is 1. The van der Waals surface area contributed by atoms with E-state index in [-0.39, 0.29) is 18.9 Å². The van der Waals surface area contributed by atoms with Gasteiger partial charge in [0.15, 0.2) is 0 Å². The molecule has 1 saturated heterocycles. The summed E-state index contributed by atoms with van der Waals surface area (Å²) in [6, 6.07) is 2.09. The third-order valence-corrected chi connectivity index (χ3v) is 3.29. The number of nitrogens with zero attached hydrogens (tertiary/aromatic N) is 4. The summed E-state index contributed by atoms with van der Waals surface area (Å²) in [5.41, 5.74) is 1.67. The maximum absolute atomic E-state index is 11.5. The Hall–Kier alpha value is -2.20. The Kier molecular flexibility index (Phi) is 5.46. The van der Waals surface area contributed by atoms with Crippen molar-refractivity contribution in [3.05, 3.63) is 17.5 Å². The Morgan fingerprint density at radius 1 is 1.57 bits per heavy atom. The first-order valence-corrected chi connectivity index (χ1v) is 6.99. The molecule has 7 nitrogen and oxygen atoms in total. The molecular formula is C14H19N5O2. The normalized spacial score (nSPS) is 14.9. The van der Waals surface area contributed by atoms with Crippen molar-refractivity contribution in [3.8, 4) is 6.07 Å². The summed E-state index contributed by atoms with van der Waals surface area (Å²) in [4.78, 5) is 21.8. The number of nitrogens with one attached hydrogen (secondary N) is 1. The minimum Gasteiger partial charge on any atom is -0.370 e. The van der Waals surface area contributed by atoms with Crippen LogP contribution in [-0.4, -0.2) is 53.6 Å². The van der Waals surface area contributed by atoms with Crippen molar-refractivity contribution in [2.75, 3.05) is 38.2 Å². The molecule has 1 aliphatic rings. The molecule has 112 valence electrons. The van der Waals surface area contributed by atoms with E-state index in [0.29, 0.717) is 32.2 Å². The largest absolute Gasteiger partial charge is 0.370 e. The highest BCUT2D eigenvalue weighted by Gasteiger charge is 2.17. The molecule has 0 aromatic carbocycles. The van der Waals surface area contributed by atoms with Gasteiger partial charge in [0, 0.05) is 25.8 Å². The summed E-state index contributed by atoms with van der Waals surface area (Å²) in [5.74, 6) is 0.572. The van der Waals surface area contributed by atoms with Gasteiger partial charge in [-0.15, -0.1) is 0 Å². The number of carbonyl (C=O) groups is 1. The lowest BCUT2D eigenvalue weighted by Gasteiger charge is -2.26. The number of hydrogen-bond acceptors (Lipinski definition) is 6. The molecule has 0 atom stereocenters. The first-order chi connectivity index (χ1) is 10.2. The van der Waals surface area contributed by atoms with Crippen molar-refractivity contribution in [1.29, 1.82) is 5.26 Å². The van der Waals surface area contributed by atoms with Crippen LogP contribution in [0.4, 0.5) is 5.95 Å². The van der Waals surface area contributed by atoms with Crippen LogP contribution in [0.5, 0.6) is 0 Å². The molecule has 0 unspecified atom stereocenters. The van der Waals surface area contributed by atoms with Crippen LogP contribution < -0.4 is 5.32 Å². The fraction of sp³-hybridized carbons (Fsp3) is 0.571. The number of anilines is 1. The van der Waals surface area contributed by atoms with Gasteiger partial charge in [0.2, 0.25) is 11.9 Å². The van der Waals surface area contributed by atoms with Gasteiger partial charge < -0.3 is 15.0 Å². The third kappa shape index (κ3) is 4.39. The number of ether oxygens (including phenoxy) is 1. The summed E-state index contributed by atoms with van der Waals surface area (Å²) in [7, 11) is 0. The van der Waals surface area contributed by atoms with Gasteiger partial charge in [-0.2, -0.15) is 5.26 Å². The molecule has 2 rings (SSSR count). The SMILES string of the molecule is Cc1cnc(NCCCN2CCOCC2=O)nc1CC#N. The molecule has 21 heavy (non-hydrogen) atoms. The predicted molar refractivity (Wildman–Crippen MR) is 76.6 cm³/mol. The molecule has 1 amide bonds. The smallest absolute Gasteiger partial charge is 0.248 e.